The number of hydrogen-bond acceptors (Lipinski definition) is 3. The van der Waals surface area contributed by atoms with Gasteiger partial charge in [0.2, 0.25) is 0 Å². The Morgan fingerprint density at radius 1 is 1.47 bits per heavy atom. The lowest BCUT2D eigenvalue weighted by atomic mass is 10.4. The van der Waals surface area contributed by atoms with Gasteiger partial charge in [-0.2, -0.15) is 0 Å². The van der Waals surface area contributed by atoms with Gasteiger partial charge in [-0.3, -0.25) is 4.79 Å². The van der Waals surface area contributed by atoms with Gasteiger partial charge < -0.3 is 10.0 Å². The molecule has 15 heavy (non-hydrogen) atoms. The van der Waals surface area contributed by atoms with Gasteiger partial charge in [-0.15, -0.1) is 11.3 Å². The molecular weight excluding hydrogens is 282 g/mol. The number of thiophene rings is 1. The minimum Gasteiger partial charge on any atom is -0.478 e. The van der Waals surface area contributed by atoms with Crippen LogP contribution < -0.4 is 4.90 Å². The second-order valence-electron chi connectivity index (χ2n) is 2.65. The molecule has 6 heteroatoms. The molecule has 4 nitrogen and oxygen atoms in total. The van der Waals surface area contributed by atoms with Gasteiger partial charge in [0.15, 0.2) is 0 Å². The summed E-state index contributed by atoms with van der Waals surface area (Å²) in [6.07, 6.45) is 1.84. The predicted molar refractivity (Wildman–Crippen MR) is 62.2 cm³/mol. The Kier molecular flexibility index (Phi) is 4.05. The van der Waals surface area contributed by atoms with E-state index in [1.54, 1.807) is 13.1 Å². The molecule has 0 unspecified atom stereocenters. The summed E-state index contributed by atoms with van der Waals surface area (Å²) in [5.41, 5.74) is 0. The number of amides is 1. The van der Waals surface area contributed by atoms with E-state index in [-0.39, 0.29) is 5.91 Å². The van der Waals surface area contributed by atoms with Crippen LogP contribution in [0.5, 0.6) is 0 Å². The minimum absolute atomic E-state index is 0.369. The first-order valence-electron chi connectivity index (χ1n) is 3.94. The maximum absolute atomic E-state index is 11.4. The third-order valence-electron chi connectivity index (χ3n) is 1.59. The minimum atomic E-state index is -1.14. The average molecular weight is 290 g/mol. The van der Waals surface area contributed by atoms with Crippen molar-refractivity contribution in [3.05, 3.63) is 28.1 Å². The first-order valence-corrected chi connectivity index (χ1v) is 5.55. The SMILES string of the molecule is CN(C(=O)/C=C/C(=O)O)c1ccc(Br)s1. The summed E-state index contributed by atoms with van der Waals surface area (Å²) in [4.78, 5) is 23.0. The standard InChI is InChI=1S/C9H8BrNO3S/c1-11(7(12)3-5-9(13)14)8-4-2-6(10)15-8/h2-5H,1H3,(H,13,14)/b5-3+. The third-order valence-corrected chi connectivity index (χ3v) is 3.29. The van der Waals surface area contributed by atoms with Crippen molar-refractivity contribution in [2.45, 2.75) is 0 Å². The maximum atomic E-state index is 11.4. The van der Waals surface area contributed by atoms with E-state index in [4.69, 9.17) is 5.11 Å². The Morgan fingerprint density at radius 3 is 2.60 bits per heavy atom. The number of carbonyl (C=O) groups is 2. The zero-order valence-electron chi connectivity index (χ0n) is 7.81. The van der Waals surface area contributed by atoms with E-state index in [0.29, 0.717) is 0 Å². The highest BCUT2D eigenvalue weighted by atomic mass is 79.9. The van der Waals surface area contributed by atoms with Crippen molar-refractivity contribution in [3.8, 4) is 0 Å². The van der Waals surface area contributed by atoms with Crippen molar-refractivity contribution in [3.63, 3.8) is 0 Å². The Morgan fingerprint density at radius 2 is 2.13 bits per heavy atom. The monoisotopic (exact) mass is 289 g/mol. The molecule has 1 aromatic heterocycles. The average Bonchev–Trinajstić information content (AvgIpc) is 2.60. The van der Waals surface area contributed by atoms with Crippen LogP contribution >= 0.6 is 27.3 Å². The summed E-state index contributed by atoms with van der Waals surface area (Å²) < 4.78 is 0.916. The molecule has 0 bridgehead atoms. The quantitative estimate of drug-likeness (QED) is 0.867. The van der Waals surface area contributed by atoms with Crippen molar-refractivity contribution in [2.75, 3.05) is 11.9 Å². The summed E-state index contributed by atoms with van der Waals surface area (Å²) in [6, 6.07) is 3.60. The zero-order valence-corrected chi connectivity index (χ0v) is 10.2. The number of aliphatic carboxylic acids is 1. The van der Waals surface area contributed by atoms with Crippen LogP contribution in [0.15, 0.2) is 28.1 Å². The van der Waals surface area contributed by atoms with Gasteiger partial charge in [0.1, 0.15) is 0 Å². The number of likely N-dealkylation sites (N-methyl/N-ethyl adjacent to an activating group) is 1. The van der Waals surface area contributed by atoms with Crippen molar-refractivity contribution >= 4 is 44.1 Å². The summed E-state index contributed by atoms with van der Waals surface area (Å²) in [6.45, 7) is 0. The summed E-state index contributed by atoms with van der Waals surface area (Å²) in [7, 11) is 1.59. The number of anilines is 1. The van der Waals surface area contributed by atoms with E-state index < -0.39 is 5.97 Å². The van der Waals surface area contributed by atoms with Crippen LogP contribution in [0.2, 0.25) is 0 Å². The smallest absolute Gasteiger partial charge is 0.328 e. The van der Waals surface area contributed by atoms with Crippen LogP contribution in [0.1, 0.15) is 0 Å². The zero-order chi connectivity index (χ0) is 11.4. The number of hydrogen-bond donors (Lipinski definition) is 1. The van der Waals surface area contributed by atoms with E-state index in [9.17, 15) is 9.59 Å². The lowest BCUT2D eigenvalue weighted by Gasteiger charge is -2.11. The largest absolute Gasteiger partial charge is 0.478 e. The first kappa shape index (κ1) is 11.9. The van der Waals surface area contributed by atoms with E-state index >= 15 is 0 Å². The molecule has 0 spiro atoms. The fourth-order valence-corrected chi connectivity index (χ4v) is 2.18. The van der Waals surface area contributed by atoms with Gasteiger partial charge in [0.25, 0.3) is 5.91 Å². The summed E-state index contributed by atoms with van der Waals surface area (Å²) in [5, 5.41) is 9.11. The van der Waals surface area contributed by atoms with Crippen LogP contribution in [0.4, 0.5) is 5.00 Å². The molecule has 1 rings (SSSR count). The highest BCUT2D eigenvalue weighted by Gasteiger charge is 2.09. The van der Waals surface area contributed by atoms with E-state index in [2.05, 4.69) is 15.9 Å². The number of carbonyl (C=O) groups excluding carboxylic acids is 1. The summed E-state index contributed by atoms with van der Waals surface area (Å²) >= 11 is 4.68. The van der Waals surface area contributed by atoms with Crippen LogP contribution in [0, 0.1) is 0 Å². The molecule has 0 saturated carbocycles. The van der Waals surface area contributed by atoms with Gasteiger partial charge in [-0.25, -0.2) is 4.79 Å². The van der Waals surface area contributed by atoms with Crippen LogP contribution in [-0.4, -0.2) is 24.0 Å². The number of carboxylic acids is 1. The highest BCUT2D eigenvalue weighted by Crippen LogP contribution is 2.29. The van der Waals surface area contributed by atoms with Crippen molar-refractivity contribution < 1.29 is 14.7 Å². The molecule has 1 heterocycles. The van der Waals surface area contributed by atoms with Crippen molar-refractivity contribution in [1.29, 1.82) is 0 Å². The van der Waals surface area contributed by atoms with Crippen molar-refractivity contribution in [2.24, 2.45) is 0 Å². The molecule has 0 fully saturated rings. The third kappa shape index (κ3) is 3.49. The Balaban J connectivity index is 2.73. The molecule has 1 aromatic rings. The van der Waals surface area contributed by atoms with E-state index in [1.807, 2.05) is 6.07 Å². The van der Waals surface area contributed by atoms with E-state index in [1.165, 1.54) is 16.2 Å². The molecule has 0 aliphatic heterocycles. The number of nitrogens with zero attached hydrogens (tertiary/aromatic N) is 1. The lowest BCUT2D eigenvalue weighted by Crippen LogP contribution is -2.23. The van der Waals surface area contributed by atoms with Crippen LogP contribution in [0.25, 0.3) is 0 Å². The highest BCUT2D eigenvalue weighted by molar-refractivity contribution is 9.11. The number of halogens is 1. The van der Waals surface area contributed by atoms with Crippen molar-refractivity contribution in [1.82, 2.24) is 0 Å². The Hall–Kier alpha value is -1.14. The second kappa shape index (κ2) is 5.09. The molecule has 1 amide bonds. The van der Waals surface area contributed by atoms with E-state index in [0.717, 1.165) is 20.9 Å². The molecule has 0 radical (unpaired) electrons. The Labute approximate surface area is 99.0 Å². The molecule has 0 aliphatic carbocycles. The van der Waals surface area contributed by atoms with Gasteiger partial charge in [0, 0.05) is 19.2 Å². The fourth-order valence-electron chi connectivity index (χ4n) is 0.848. The molecule has 1 N–H and O–H groups in total. The predicted octanol–water partition coefficient (Wildman–Crippen LogP) is 2.11. The molecule has 0 saturated heterocycles. The number of carboxylic acid groups (broad SMARTS) is 1. The topological polar surface area (TPSA) is 57.6 Å². The molecule has 80 valence electrons. The normalized spacial score (nSPS) is 10.5. The van der Waals surface area contributed by atoms with Crippen LogP contribution in [0.3, 0.4) is 0 Å². The molecule has 0 atom stereocenters. The van der Waals surface area contributed by atoms with Gasteiger partial charge in [0.05, 0.1) is 8.79 Å². The molecule has 0 aliphatic rings. The Bertz CT molecular complexity index is 413. The second-order valence-corrected chi connectivity index (χ2v) is 5.09. The molecule has 0 aromatic carbocycles. The van der Waals surface area contributed by atoms with Gasteiger partial charge >= 0.3 is 5.97 Å². The lowest BCUT2D eigenvalue weighted by molar-refractivity contribution is -0.131. The number of rotatable bonds is 3. The van der Waals surface area contributed by atoms with Gasteiger partial charge in [-0.1, -0.05) is 0 Å². The maximum Gasteiger partial charge on any atom is 0.328 e. The first-order chi connectivity index (χ1) is 7.00. The van der Waals surface area contributed by atoms with Gasteiger partial charge in [-0.05, 0) is 28.1 Å². The molecular formula is C9H8BrNO3S. The van der Waals surface area contributed by atoms with Crippen LogP contribution in [-0.2, 0) is 9.59 Å². The fraction of sp³-hybridized carbons (Fsp3) is 0.111. The summed E-state index contributed by atoms with van der Waals surface area (Å²) in [5.74, 6) is -1.50.